The Balaban J connectivity index is 4.37. The van der Waals surface area contributed by atoms with Crippen LogP contribution < -0.4 is 0 Å². The van der Waals surface area contributed by atoms with Crippen molar-refractivity contribution in [1.29, 1.82) is 0 Å². The third kappa shape index (κ3) is 6.92. The van der Waals surface area contributed by atoms with Gasteiger partial charge in [-0.1, -0.05) is 72.1 Å². The summed E-state index contributed by atoms with van der Waals surface area (Å²) in [5.74, 6) is 0. The van der Waals surface area contributed by atoms with Gasteiger partial charge in [0.1, 0.15) is 0 Å². The van der Waals surface area contributed by atoms with Crippen molar-refractivity contribution in [3.8, 4) is 0 Å². The number of hydrogen-bond acceptors (Lipinski definition) is 1. The number of hydrogen-bond donors (Lipinski definition) is 2. The Bertz CT molecular complexity index is 254. The van der Waals surface area contributed by atoms with E-state index in [1.165, 1.54) is 25.7 Å². The van der Waals surface area contributed by atoms with Crippen molar-refractivity contribution in [2.24, 2.45) is 0 Å². The van der Waals surface area contributed by atoms with E-state index in [0.717, 1.165) is 25.7 Å². The summed E-state index contributed by atoms with van der Waals surface area (Å²) in [6.07, 6.45) is 10.7. The standard InChI is InChI=1S/C15H33O3P/c1-4-7-8-9-10-11-14-15(12-5-2,13-6-3)19(16,17)18/h4-14H2,1-3H3,(H2,16,17,18). The Hall–Kier alpha value is 0.150. The van der Waals surface area contributed by atoms with Crippen molar-refractivity contribution in [3.63, 3.8) is 0 Å². The van der Waals surface area contributed by atoms with Gasteiger partial charge in [0.25, 0.3) is 0 Å². The molecule has 0 atom stereocenters. The van der Waals surface area contributed by atoms with E-state index < -0.39 is 12.8 Å². The molecule has 0 fully saturated rings. The van der Waals surface area contributed by atoms with Crippen molar-refractivity contribution < 1.29 is 14.4 Å². The third-order valence-corrected chi connectivity index (χ3v) is 5.95. The third-order valence-electron chi connectivity index (χ3n) is 4.04. The van der Waals surface area contributed by atoms with E-state index in [9.17, 15) is 14.4 Å². The molecule has 116 valence electrons. The second kappa shape index (κ2) is 9.96. The van der Waals surface area contributed by atoms with Crippen molar-refractivity contribution >= 4 is 7.60 Å². The fraction of sp³-hybridized carbons (Fsp3) is 1.00. The van der Waals surface area contributed by atoms with Gasteiger partial charge in [-0.2, -0.15) is 0 Å². The maximum atomic E-state index is 11.9. The van der Waals surface area contributed by atoms with Gasteiger partial charge in [0, 0.05) is 0 Å². The zero-order chi connectivity index (χ0) is 14.8. The molecule has 0 saturated heterocycles. The van der Waals surface area contributed by atoms with Gasteiger partial charge in [-0.25, -0.2) is 0 Å². The van der Waals surface area contributed by atoms with Crippen LogP contribution in [0.4, 0.5) is 0 Å². The lowest BCUT2D eigenvalue weighted by molar-refractivity contribution is 0.288. The Morgan fingerprint density at radius 1 is 0.737 bits per heavy atom. The van der Waals surface area contributed by atoms with Gasteiger partial charge in [0.05, 0.1) is 5.16 Å². The normalized spacial score (nSPS) is 12.9. The van der Waals surface area contributed by atoms with E-state index in [4.69, 9.17) is 0 Å². The fourth-order valence-electron chi connectivity index (χ4n) is 2.98. The van der Waals surface area contributed by atoms with Crippen LogP contribution in [-0.4, -0.2) is 14.9 Å². The smallest absolute Gasteiger partial charge is 0.324 e. The van der Waals surface area contributed by atoms with Crippen molar-refractivity contribution in [2.45, 2.75) is 96.6 Å². The highest BCUT2D eigenvalue weighted by Crippen LogP contribution is 2.58. The minimum atomic E-state index is -4.00. The van der Waals surface area contributed by atoms with Crippen molar-refractivity contribution in [1.82, 2.24) is 0 Å². The van der Waals surface area contributed by atoms with Crippen LogP contribution in [0.3, 0.4) is 0 Å². The lowest BCUT2D eigenvalue weighted by Crippen LogP contribution is -2.28. The summed E-state index contributed by atoms with van der Waals surface area (Å²) in [7, 11) is -4.00. The predicted molar refractivity (Wildman–Crippen MR) is 82.6 cm³/mol. The first kappa shape index (κ1) is 19.1. The largest absolute Gasteiger partial charge is 0.331 e. The Kier molecular flexibility index (Phi) is 10.0. The maximum absolute atomic E-state index is 11.9. The Morgan fingerprint density at radius 3 is 1.63 bits per heavy atom. The van der Waals surface area contributed by atoms with Crippen LogP contribution in [0.1, 0.15) is 91.4 Å². The maximum Gasteiger partial charge on any atom is 0.331 e. The van der Waals surface area contributed by atoms with E-state index in [2.05, 4.69) is 6.92 Å². The number of rotatable bonds is 12. The Labute approximate surface area is 119 Å². The molecule has 0 aromatic rings. The van der Waals surface area contributed by atoms with E-state index in [1.807, 2.05) is 13.8 Å². The lowest BCUT2D eigenvalue weighted by Gasteiger charge is -2.34. The number of unbranched alkanes of at least 4 members (excludes halogenated alkanes) is 5. The summed E-state index contributed by atoms with van der Waals surface area (Å²) in [6, 6.07) is 0. The molecule has 0 rings (SSSR count). The van der Waals surface area contributed by atoms with Gasteiger partial charge in [0.2, 0.25) is 0 Å². The van der Waals surface area contributed by atoms with E-state index in [-0.39, 0.29) is 0 Å². The topological polar surface area (TPSA) is 57.5 Å². The molecule has 0 heterocycles. The summed E-state index contributed by atoms with van der Waals surface area (Å²) in [6.45, 7) is 6.23. The van der Waals surface area contributed by atoms with Gasteiger partial charge >= 0.3 is 7.60 Å². The molecular formula is C15H33O3P. The molecule has 19 heavy (non-hydrogen) atoms. The second-order valence-corrected chi connectivity index (χ2v) is 7.82. The molecule has 4 heteroatoms. The van der Waals surface area contributed by atoms with Crippen LogP contribution in [0, 0.1) is 0 Å². The van der Waals surface area contributed by atoms with Crippen LogP contribution in [0.15, 0.2) is 0 Å². The first-order valence-electron chi connectivity index (χ1n) is 7.99. The van der Waals surface area contributed by atoms with Gasteiger partial charge in [-0.3, -0.25) is 4.57 Å². The highest BCUT2D eigenvalue weighted by Gasteiger charge is 2.44. The summed E-state index contributed by atoms with van der Waals surface area (Å²) in [5, 5.41) is -0.749. The molecular weight excluding hydrogens is 259 g/mol. The zero-order valence-corrected chi connectivity index (χ0v) is 13.9. The highest BCUT2D eigenvalue weighted by atomic mass is 31.2. The van der Waals surface area contributed by atoms with Gasteiger partial charge < -0.3 is 9.79 Å². The molecule has 0 unspecified atom stereocenters. The first-order chi connectivity index (χ1) is 8.93. The van der Waals surface area contributed by atoms with Gasteiger partial charge in [-0.05, 0) is 19.3 Å². The van der Waals surface area contributed by atoms with E-state index in [0.29, 0.717) is 19.3 Å². The Morgan fingerprint density at radius 2 is 1.21 bits per heavy atom. The van der Waals surface area contributed by atoms with Crippen molar-refractivity contribution in [2.75, 3.05) is 0 Å². The minimum absolute atomic E-state index is 0.653. The lowest BCUT2D eigenvalue weighted by atomic mass is 9.91. The van der Waals surface area contributed by atoms with Crippen LogP contribution in [0.2, 0.25) is 0 Å². The molecule has 3 nitrogen and oxygen atoms in total. The monoisotopic (exact) mass is 292 g/mol. The molecule has 0 aromatic heterocycles. The van der Waals surface area contributed by atoms with E-state index in [1.54, 1.807) is 0 Å². The molecule has 0 spiro atoms. The second-order valence-electron chi connectivity index (χ2n) is 5.79. The van der Waals surface area contributed by atoms with Crippen LogP contribution in [0.25, 0.3) is 0 Å². The summed E-state index contributed by atoms with van der Waals surface area (Å²) >= 11 is 0. The average Bonchev–Trinajstić information content (AvgIpc) is 2.32. The van der Waals surface area contributed by atoms with Crippen LogP contribution >= 0.6 is 7.60 Å². The molecule has 0 aliphatic heterocycles. The molecule has 0 saturated carbocycles. The summed E-state index contributed by atoms with van der Waals surface area (Å²) in [4.78, 5) is 19.5. The minimum Gasteiger partial charge on any atom is -0.324 e. The highest BCUT2D eigenvalue weighted by molar-refractivity contribution is 7.53. The summed E-state index contributed by atoms with van der Waals surface area (Å²) in [5.41, 5.74) is 0. The molecule has 2 N–H and O–H groups in total. The van der Waals surface area contributed by atoms with Crippen molar-refractivity contribution in [3.05, 3.63) is 0 Å². The quantitative estimate of drug-likeness (QED) is 0.381. The zero-order valence-electron chi connectivity index (χ0n) is 13.0. The molecule has 0 aliphatic carbocycles. The van der Waals surface area contributed by atoms with E-state index >= 15 is 0 Å². The molecule has 0 bridgehead atoms. The van der Waals surface area contributed by atoms with Gasteiger partial charge in [0.15, 0.2) is 0 Å². The first-order valence-corrected chi connectivity index (χ1v) is 9.60. The molecule has 0 radical (unpaired) electrons. The predicted octanol–water partition coefficient (Wildman–Crippen LogP) is 5.25. The summed E-state index contributed by atoms with van der Waals surface area (Å²) < 4.78 is 11.9. The van der Waals surface area contributed by atoms with Crippen LogP contribution in [0.5, 0.6) is 0 Å². The molecule has 0 aromatic carbocycles. The average molecular weight is 292 g/mol. The molecule has 0 amide bonds. The fourth-order valence-corrected chi connectivity index (χ4v) is 4.46. The SMILES string of the molecule is CCCCCCCCC(CCC)(CCC)P(=O)(O)O. The van der Waals surface area contributed by atoms with Gasteiger partial charge in [-0.15, -0.1) is 0 Å². The van der Waals surface area contributed by atoms with Crippen LogP contribution in [-0.2, 0) is 4.57 Å². The molecule has 0 aliphatic rings.